The summed E-state index contributed by atoms with van der Waals surface area (Å²) >= 11 is 0. The second-order valence-electron chi connectivity index (χ2n) is 9.19. The van der Waals surface area contributed by atoms with Gasteiger partial charge in [0.25, 0.3) is 10.0 Å². The molecule has 1 saturated carbocycles. The molecule has 0 bridgehead atoms. The lowest BCUT2D eigenvalue weighted by Crippen LogP contribution is -2.38. The third kappa shape index (κ3) is 5.38. The lowest BCUT2D eigenvalue weighted by Gasteiger charge is -2.31. The first-order valence-electron chi connectivity index (χ1n) is 11.4. The lowest BCUT2D eigenvalue weighted by atomic mass is 9.78. The quantitative estimate of drug-likeness (QED) is 0.608. The van der Waals surface area contributed by atoms with Gasteiger partial charge in [0.2, 0.25) is 5.91 Å². The van der Waals surface area contributed by atoms with E-state index >= 15 is 0 Å². The van der Waals surface area contributed by atoms with Crippen LogP contribution in [0.3, 0.4) is 0 Å². The molecule has 2 aliphatic rings. The van der Waals surface area contributed by atoms with Crippen LogP contribution in [0.4, 0.5) is 5.69 Å². The summed E-state index contributed by atoms with van der Waals surface area (Å²) in [7, 11) is -3.72. The van der Waals surface area contributed by atoms with Crippen molar-refractivity contribution in [2.24, 2.45) is 9.81 Å². The van der Waals surface area contributed by atoms with Crippen LogP contribution < -0.4 is 10.6 Å². The van der Waals surface area contributed by atoms with Gasteiger partial charge in [-0.1, -0.05) is 55.3 Å². The molecular weight excluding hydrogens is 422 g/mol. The zero-order valence-corrected chi connectivity index (χ0v) is 19.3. The highest BCUT2D eigenvalue weighted by molar-refractivity contribution is 7.90. The number of fused-ring (bicyclic) bond motifs is 1. The summed E-state index contributed by atoms with van der Waals surface area (Å²) in [4.78, 5) is 13.1. The first-order valence-corrected chi connectivity index (χ1v) is 12.8. The summed E-state index contributed by atoms with van der Waals surface area (Å²) in [6.45, 7) is 2.04. The van der Waals surface area contributed by atoms with Crippen LogP contribution in [-0.2, 0) is 21.2 Å². The van der Waals surface area contributed by atoms with Gasteiger partial charge in [0.05, 0.1) is 5.69 Å². The van der Waals surface area contributed by atoms with Gasteiger partial charge in [-0.15, -0.1) is 4.40 Å². The Balaban J connectivity index is 1.39. The monoisotopic (exact) mass is 453 g/mol. The highest BCUT2D eigenvalue weighted by Crippen LogP contribution is 2.45. The number of carbonyl (C=O) groups is 1. The molecule has 0 unspecified atom stereocenters. The molecule has 1 aliphatic heterocycles. The number of rotatable bonds is 8. The van der Waals surface area contributed by atoms with Crippen LogP contribution in [0.25, 0.3) is 0 Å². The van der Waals surface area contributed by atoms with E-state index in [4.69, 9.17) is 0 Å². The minimum Gasteiger partial charge on any atom is -0.354 e. The van der Waals surface area contributed by atoms with E-state index in [2.05, 4.69) is 27.2 Å². The Labute approximate surface area is 190 Å². The smallest absolute Gasteiger partial charge is 0.286 e. The van der Waals surface area contributed by atoms with Gasteiger partial charge >= 0.3 is 0 Å². The number of hydrogen-bond acceptors (Lipinski definition) is 4. The van der Waals surface area contributed by atoms with Gasteiger partial charge in [0, 0.05) is 18.9 Å². The zero-order chi connectivity index (χ0) is 22.6. The normalized spacial score (nSPS) is 19.3. The fraction of sp³-hybridized carbons (Fsp3) is 0.440. The Morgan fingerprint density at radius 3 is 2.53 bits per heavy atom. The third-order valence-corrected chi connectivity index (χ3v) is 7.91. The van der Waals surface area contributed by atoms with Gasteiger partial charge in [-0.2, -0.15) is 8.42 Å². The molecule has 0 aromatic heterocycles. The van der Waals surface area contributed by atoms with E-state index in [0.29, 0.717) is 24.4 Å². The van der Waals surface area contributed by atoms with E-state index in [-0.39, 0.29) is 22.3 Å². The van der Waals surface area contributed by atoms with Crippen molar-refractivity contribution in [2.45, 2.75) is 69.2 Å². The molecule has 1 aliphatic carbocycles. The molecule has 2 aromatic rings. The van der Waals surface area contributed by atoms with E-state index in [1.165, 1.54) is 5.56 Å². The standard InChI is InChI=1S/C25H31N3O3S/c1-19(13-14-20-9-3-2-4-10-20)26-24(29)18-25(15-7-8-16-25)17-23-27-21-11-5-6-12-22(21)32(30,31)28-23/h2-6,9-12,19H,7-8,13-18H2,1H3,(H,26,29)(H,27,28)/t19-/m1/s1. The molecule has 32 heavy (non-hydrogen) atoms. The summed E-state index contributed by atoms with van der Waals surface area (Å²) in [5.74, 6) is 0.475. The summed E-state index contributed by atoms with van der Waals surface area (Å²) in [6, 6.07) is 17.2. The Bertz CT molecular complexity index is 1090. The number of carbonyl (C=O) groups excluding carboxylic acids is 1. The number of amidine groups is 1. The molecule has 0 spiro atoms. The van der Waals surface area contributed by atoms with Crippen molar-refractivity contribution < 1.29 is 13.2 Å². The second-order valence-corrected chi connectivity index (χ2v) is 10.8. The van der Waals surface area contributed by atoms with Gasteiger partial charge < -0.3 is 10.6 Å². The topological polar surface area (TPSA) is 87.6 Å². The Kier molecular flexibility index (Phi) is 6.65. The first-order chi connectivity index (χ1) is 15.4. The number of aryl methyl sites for hydroxylation is 1. The second kappa shape index (κ2) is 9.45. The minimum absolute atomic E-state index is 0.0344. The summed E-state index contributed by atoms with van der Waals surface area (Å²) in [5, 5.41) is 6.35. The van der Waals surface area contributed by atoms with Crippen molar-refractivity contribution in [1.82, 2.24) is 5.32 Å². The molecule has 0 radical (unpaired) electrons. The van der Waals surface area contributed by atoms with Crippen molar-refractivity contribution in [1.29, 1.82) is 0 Å². The molecule has 2 aromatic carbocycles. The van der Waals surface area contributed by atoms with Crippen molar-refractivity contribution in [3.63, 3.8) is 0 Å². The van der Waals surface area contributed by atoms with Gasteiger partial charge in [0.1, 0.15) is 10.7 Å². The number of para-hydroxylation sites is 1. The minimum atomic E-state index is -3.72. The van der Waals surface area contributed by atoms with Crippen LogP contribution in [0.2, 0.25) is 0 Å². The molecule has 1 amide bonds. The average Bonchev–Trinajstić information content (AvgIpc) is 3.20. The van der Waals surface area contributed by atoms with E-state index < -0.39 is 10.0 Å². The number of hydrogen-bond donors (Lipinski definition) is 2. The van der Waals surface area contributed by atoms with Crippen molar-refractivity contribution >= 4 is 27.5 Å². The number of amides is 1. The zero-order valence-electron chi connectivity index (χ0n) is 18.5. The van der Waals surface area contributed by atoms with Crippen LogP contribution in [-0.4, -0.2) is 26.2 Å². The average molecular weight is 454 g/mol. The maximum Gasteiger partial charge on any atom is 0.286 e. The third-order valence-electron chi connectivity index (χ3n) is 6.53. The van der Waals surface area contributed by atoms with E-state index in [1.807, 2.05) is 25.1 Å². The van der Waals surface area contributed by atoms with Crippen LogP contribution >= 0.6 is 0 Å². The number of sulfonamides is 1. The summed E-state index contributed by atoms with van der Waals surface area (Å²) in [6.07, 6.45) is 6.57. The molecule has 4 rings (SSSR count). The summed E-state index contributed by atoms with van der Waals surface area (Å²) < 4.78 is 29.3. The Hall–Kier alpha value is -2.67. The lowest BCUT2D eigenvalue weighted by molar-refractivity contribution is -0.124. The Morgan fingerprint density at radius 1 is 1.09 bits per heavy atom. The first kappa shape index (κ1) is 22.5. The SMILES string of the molecule is C[C@H](CCc1ccccc1)NC(=O)CC1(CC2=NS(=O)(=O)c3ccccc3N2)CCCC1. The predicted molar refractivity (Wildman–Crippen MR) is 127 cm³/mol. The van der Waals surface area contributed by atoms with Crippen LogP contribution in [0.5, 0.6) is 0 Å². The van der Waals surface area contributed by atoms with Crippen molar-refractivity contribution in [2.75, 3.05) is 5.32 Å². The van der Waals surface area contributed by atoms with Crippen LogP contribution in [0.1, 0.15) is 57.4 Å². The molecule has 170 valence electrons. The molecule has 1 heterocycles. The number of benzene rings is 2. The highest BCUT2D eigenvalue weighted by Gasteiger charge is 2.39. The molecule has 7 heteroatoms. The van der Waals surface area contributed by atoms with Gasteiger partial charge in [-0.05, 0) is 55.7 Å². The molecule has 6 nitrogen and oxygen atoms in total. The molecular formula is C25H31N3O3S. The van der Waals surface area contributed by atoms with E-state index in [1.54, 1.807) is 24.3 Å². The van der Waals surface area contributed by atoms with Gasteiger partial charge in [-0.25, -0.2) is 0 Å². The van der Waals surface area contributed by atoms with Crippen molar-refractivity contribution in [3.05, 3.63) is 60.2 Å². The summed E-state index contributed by atoms with van der Waals surface area (Å²) in [5.41, 5.74) is 1.57. The fourth-order valence-corrected chi connectivity index (χ4v) is 6.05. The predicted octanol–water partition coefficient (Wildman–Crippen LogP) is 4.68. The highest BCUT2D eigenvalue weighted by atomic mass is 32.2. The maximum absolute atomic E-state index is 12.9. The van der Waals surface area contributed by atoms with Gasteiger partial charge in [0.15, 0.2) is 0 Å². The van der Waals surface area contributed by atoms with Crippen LogP contribution in [0, 0.1) is 5.41 Å². The van der Waals surface area contributed by atoms with Gasteiger partial charge in [-0.3, -0.25) is 4.79 Å². The molecule has 1 atom stereocenters. The largest absolute Gasteiger partial charge is 0.354 e. The molecule has 2 N–H and O–H groups in total. The van der Waals surface area contributed by atoms with Crippen molar-refractivity contribution in [3.8, 4) is 0 Å². The molecule has 1 fully saturated rings. The number of nitrogens with zero attached hydrogens (tertiary/aromatic N) is 1. The van der Waals surface area contributed by atoms with E-state index in [9.17, 15) is 13.2 Å². The number of anilines is 1. The fourth-order valence-electron chi connectivity index (χ4n) is 4.91. The maximum atomic E-state index is 12.9. The number of nitrogens with one attached hydrogen (secondary N) is 2. The Morgan fingerprint density at radius 2 is 1.78 bits per heavy atom. The van der Waals surface area contributed by atoms with E-state index in [0.717, 1.165) is 38.5 Å². The molecule has 0 saturated heterocycles. The van der Waals surface area contributed by atoms with Crippen LogP contribution in [0.15, 0.2) is 63.9 Å².